The van der Waals surface area contributed by atoms with E-state index in [1.165, 1.54) is 23.1 Å². The number of hydrogen-bond donors (Lipinski definition) is 0. The zero-order valence-corrected chi connectivity index (χ0v) is 18.2. The number of aryl methyl sites for hydroxylation is 2. The van der Waals surface area contributed by atoms with Crippen molar-refractivity contribution in [2.24, 2.45) is 0 Å². The van der Waals surface area contributed by atoms with E-state index in [-0.39, 0.29) is 24.6 Å². The summed E-state index contributed by atoms with van der Waals surface area (Å²) in [6, 6.07) is 10.7. The van der Waals surface area contributed by atoms with Gasteiger partial charge in [-0.1, -0.05) is 30.3 Å². The van der Waals surface area contributed by atoms with Crippen molar-refractivity contribution in [3.05, 3.63) is 64.7 Å². The number of alkyl halides is 3. The number of rotatable bonds is 6. The summed E-state index contributed by atoms with van der Waals surface area (Å²) in [6.07, 6.45) is -3.72. The fourth-order valence-electron chi connectivity index (χ4n) is 3.83. The first-order chi connectivity index (χ1) is 15.2. The Morgan fingerprint density at radius 2 is 1.50 bits per heavy atom. The van der Waals surface area contributed by atoms with Gasteiger partial charge in [0, 0.05) is 32.6 Å². The van der Waals surface area contributed by atoms with Crippen LogP contribution in [0, 0.1) is 13.8 Å². The summed E-state index contributed by atoms with van der Waals surface area (Å²) >= 11 is 0. The van der Waals surface area contributed by atoms with Gasteiger partial charge in [0.25, 0.3) is 5.91 Å². The summed E-state index contributed by atoms with van der Waals surface area (Å²) < 4.78 is 45.5. The number of carbonyl (C=O) groups excluding carboxylic acids is 2. The molecule has 0 N–H and O–H groups in total. The monoisotopic (exact) mass is 448 g/mol. The van der Waals surface area contributed by atoms with Crippen LogP contribution in [0.5, 0.6) is 5.75 Å². The minimum atomic E-state index is -4.59. The zero-order valence-electron chi connectivity index (χ0n) is 18.2. The first kappa shape index (κ1) is 23.6. The second-order valence-corrected chi connectivity index (χ2v) is 7.89. The van der Waals surface area contributed by atoms with Gasteiger partial charge in [0.15, 0.2) is 0 Å². The Morgan fingerprint density at radius 1 is 0.906 bits per heavy atom. The summed E-state index contributed by atoms with van der Waals surface area (Å²) in [5, 5.41) is 0. The quantitative estimate of drug-likeness (QED) is 0.613. The number of benzene rings is 2. The number of piperazine rings is 1. The van der Waals surface area contributed by atoms with Crippen LogP contribution in [-0.2, 0) is 11.0 Å². The molecule has 1 heterocycles. The van der Waals surface area contributed by atoms with Crippen LogP contribution in [0.4, 0.5) is 13.2 Å². The van der Waals surface area contributed by atoms with Crippen molar-refractivity contribution >= 4 is 11.8 Å². The molecule has 0 aromatic heterocycles. The van der Waals surface area contributed by atoms with E-state index in [2.05, 4.69) is 0 Å². The Morgan fingerprint density at radius 3 is 2.12 bits per heavy atom. The second-order valence-electron chi connectivity index (χ2n) is 7.89. The van der Waals surface area contributed by atoms with Crippen molar-refractivity contribution in [3.8, 4) is 5.75 Å². The van der Waals surface area contributed by atoms with Gasteiger partial charge in [0.1, 0.15) is 5.75 Å². The third kappa shape index (κ3) is 5.60. The maximum absolute atomic E-state index is 13.2. The maximum Gasteiger partial charge on any atom is 0.417 e. The largest absolute Gasteiger partial charge is 0.493 e. The third-order valence-corrected chi connectivity index (χ3v) is 5.57. The van der Waals surface area contributed by atoms with Crippen LogP contribution in [0.25, 0.3) is 0 Å². The van der Waals surface area contributed by atoms with Gasteiger partial charge < -0.3 is 14.5 Å². The van der Waals surface area contributed by atoms with Gasteiger partial charge >= 0.3 is 6.18 Å². The van der Waals surface area contributed by atoms with E-state index in [0.717, 1.165) is 22.9 Å². The smallest absolute Gasteiger partial charge is 0.417 e. The summed E-state index contributed by atoms with van der Waals surface area (Å²) in [5.41, 5.74) is 0.796. The van der Waals surface area contributed by atoms with Crippen molar-refractivity contribution in [1.29, 1.82) is 0 Å². The number of hydrogen-bond acceptors (Lipinski definition) is 3. The Bertz CT molecular complexity index is 947. The number of carbonyl (C=O) groups is 2. The number of para-hydroxylation sites is 1. The molecule has 3 rings (SSSR count). The summed E-state index contributed by atoms with van der Waals surface area (Å²) in [5.74, 6) is 0.135. The molecule has 2 aromatic carbocycles. The van der Waals surface area contributed by atoms with E-state index in [0.29, 0.717) is 32.5 Å². The highest BCUT2D eigenvalue weighted by Gasteiger charge is 2.36. The van der Waals surface area contributed by atoms with Gasteiger partial charge in [0.05, 0.1) is 17.7 Å². The van der Waals surface area contributed by atoms with Crippen molar-refractivity contribution < 1.29 is 27.5 Å². The predicted molar refractivity (Wildman–Crippen MR) is 115 cm³/mol. The van der Waals surface area contributed by atoms with Gasteiger partial charge in [-0.05, 0) is 43.5 Å². The second kappa shape index (κ2) is 10.1. The molecule has 172 valence electrons. The standard InChI is InChI=1S/C24H27F3N2O3/c1-17-7-5-8-18(2)22(17)32-16-6-11-21(30)28-12-14-29(15-13-28)23(31)19-9-3-4-10-20(19)24(25,26)27/h3-5,7-10H,6,11-16H2,1-2H3. The van der Waals surface area contributed by atoms with Gasteiger partial charge in [-0.2, -0.15) is 13.2 Å². The SMILES string of the molecule is Cc1cccc(C)c1OCCCC(=O)N1CCN(C(=O)c2ccccc2C(F)(F)F)CC1. The molecular formula is C24H27F3N2O3. The minimum absolute atomic E-state index is 0.0436. The summed E-state index contributed by atoms with van der Waals surface area (Å²) in [6.45, 7) is 5.38. The number of halogens is 3. The molecule has 2 aromatic rings. The molecule has 2 amide bonds. The van der Waals surface area contributed by atoms with Crippen molar-refractivity contribution in [2.45, 2.75) is 32.9 Å². The predicted octanol–water partition coefficient (Wildman–Crippen LogP) is 4.47. The molecule has 32 heavy (non-hydrogen) atoms. The first-order valence-corrected chi connectivity index (χ1v) is 10.6. The van der Waals surface area contributed by atoms with Crippen molar-refractivity contribution in [3.63, 3.8) is 0 Å². The molecule has 1 saturated heterocycles. The summed E-state index contributed by atoms with van der Waals surface area (Å²) in [7, 11) is 0. The van der Waals surface area contributed by atoms with E-state index in [4.69, 9.17) is 4.74 Å². The van der Waals surface area contributed by atoms with Crippen LogP contribution in [0.2, 0.25) is 0 Å². The van der Waals surface area contributed by atoms with Crippen LogP contribution in [0.15, 0.2) is 42.5 Å². The van der Waals surface area contributed by atoms with Gasteiger partial charge in [0.2, 0.25) is 5.91 Å². The van der Waals surface area contributed by atoms with Crippen LogP contribution >= 0.6 is 0 Å². The molecule has 0 atom stereocenters. The average Bonchev–Trinajstić information content (AvgIpc) is 2.77. The van der Waals surface area contributed by atoms with E-state index in [1.807, 2.05) is 32.0 Å². The topological polar surface area (TPSA) is 49.9 Å². The lowest BCUT2D eigenvalue weighted by atomic mass is 10.1. The van der Waals surface area contributed by atoms with Crippen LogP contribution < -0.4 is 4.74 Å². The van der Waals surface area contributed by atoms with Gasteiger partial charge in [-0.15, -0.1) is 0 Å². The molecular weight excluding hydrogens is 421 g/mol. The third-order valence-electron chi connectivity index (χ3n) is 5.57. The Labute approximate surface area is 185 Å². The average molecular weight is 448 g/mol. The number of ether oxygens (including phenoxy) is 1. The molecule has 0 saturated carbocycles. The maximum atomic E-state index is 13.2. The molecule has 8 heteroatoms. The Kier molecular flexibility index (Phi) is 7.43. The van der Waals surface area contributed by atoms with Gasteiger partial charge in [-0.3, -0.25) is 9.59 Å². The lowest BCUT2D eigenvalue weighted by Crippen LogP contribution is -2.50. The normalized spacial score (nSPS) is 14.4. The highest BCUT2D eigenvalue weighted by Crippen LogP contribution is 2.32. The van der Waals surface area contributed by atoms with E-state index in [9.17, 15) is 22.8 Å². The molecule has 5 nitrogen and oxygen atoms in total. The number of amides is 2. The molecule has 0 spiro atoms. The highest BCUT2D eigenvalue weighted by atomic mass is 19.4. The van der Waals surface area contributed by atoms with Crippen LogP contribution in [-0.4, -0.2) is 54.4 Å². The minimum Gasteiger partial charge on any atom is -0.493 e. The molecule has 1 aliphatic heterocycles. The molecule has 0 unspecified atom stereocenters. The van der Waals surface area contributed by atoms with Crippen molar-refractivity contribution in [1.82, 2.24) is 9.80 Å². The van der Waals surface area contributed by atoms with E-state index < -0.39 is 17.6 Å². The van der Waals surface area contributed by atoms with E-state index >= 15 is 0 Å². The lowest BCUT2D eigenvalue weighted by Gasteiger charge is -2.35. The molecule has 1 fully saturated rings. The van der Waals surface area contributed by atoms with Gasteiger partial charge in [-0.25, -0.2) is 0 Å². The fraction of sp³-hybridized carbons (Fsp3) is 0.417. The Balaban J connectivity index is 1.47. The molecule has 0 bridgehead atoms. The van der Waals surface area contributed by atoms with E-state index in [1.54, 1.807) is 4.90 Å². The fourth-order valence-corrected chi connectivity index (χ4v) is 3.83. The van der Waals surface area contributed by atoms with Crippen LogP contribution in [0.3, 0.4) is 0 Å². The zero-order chi connectivity index (χ0) is 23.3. The highest BCUT2D eigenvalue weighted by molar-refractivity contribution is 5.96. The number of nitrogens with zero attached hydrogens (tertiary/aromatic N) is 2. The molecule has 0 aliphatic carbocycles. The summed E-state index contributed by atoms with van der Waals surface area (Å²) in [4.78, 5) is 28.2. The first-order valence-electron chi connectivity index (χ1n) is 10.6. The van der Waals surface area contributed by atoms with Crippen LogP contribution in [0.1, 0.15) is 39.9 Å². The lowest BCUT2D eigenvalue weighted by molar-refractivity contribution is -0.138. The Hall–Kier alpha value is -3.03. The van der Waals surface area contributed by atoms with Crippen molar-refractivity contribution in [2.75, 3.05) is 32.8 Å². The molecule has 0 radical (unpaired) electrons. The molecule has 1 aliphatic rings.